The van der Waals surface area contributed by atoms with Gasteiger partial charge in [0.25, 0.3) is 5.91 Å². The van der Waals surface area contributed by atoms with E-state index in [9.17, 15) is 4.79 Å². The molecule has 0 bridgehead atoms. The van der Waals surface area contributed by atoms with Crippen LogP contribution in [0.2, 0.25) is 15.1 Å². The summed E-state index contributed by atoms with van der Waals surface area (Å²) < 4.78 is 11.3. The van der Waals surface area contributed by atoms with E-state index in [2.05, 4.69) is 29.4 Å². The van der Waals surface area contributed by atoms with Gasteiger partial charge >= 0.3 is 0 Å². The summed E-state index contributed by atoms with van der Waals surface area (Å²) in [6.07, 6.45) is 0.970. The minimum absolute atomic E-state index is 0.246. The van der Waals surface area contributed by atoms with Crippen LogP contribution in [0.5, 0.6) is 5.75 Å². The van der Waals surface area contributed by atoms with Crippen molar-refractivity contribution in [3.63, 3.8) is 0 Å². The standard InChI is InChI=1S/C23H17Cl3N2O3/c1-2-13-3-5-14(6-4-13)23-28-19-9-15(7-8-20(19)31-23)27-22(29)12-30-21-11-17(25)16(24)10-18(21)26/h3-11H,2,12H2,1H3,(H,27,29). The first-order valence-electron chi connectivity index (χ1n) is 9.50. The fourth-order valence-electron chi connectivity index (χ4n) is 2.97. The number of hydrogen-bond acceptors (Lipinski definition) is 4. The number of aryl methyl sites for hydroxylation is 1. The van der Waals surface area contributed by atoms with Crippen LogP contribution in [0, 0.1) is 0 Å². The molecule has 0 aliphatic rings. The van der Waals surface area contributed by atoms with Crippen molar-refractivity contribution in [3.05, 3.63) is 75.2 Å². The van der Waals surface area contributed by atoms with Crippen molar-refractivity contribution in [1.29, 1.82) is 0 Å². The van der Waals surface area contributed by atoms with Crippen LogP contribution >= 0.6 is 34.8 Å². The van der Waals surface area contributed by atoms with Crippen LogP contribution in [-0.4, -0.2) is 17.5 Å². The van der Waals surface area contributed by atoms with Crippen molar-refractivity contribution in [3.8, 4) is 17.2 Å². The van der Waals surface area contributed by atoms with Gasteiger partial charge in [-0.05, 0) is 48.4 Å². The van der Waals surface area contributed by atoms with Crippen LogP contribution in [0.25, 0.3) is 22.6 Å². The third kappa shape index (κ3) is 4.96. The molecule has 0 saturated carbocycles. The fourth-order valence-corrected chi connectivity index (χ4v) is 3.56. The summed E-state index contributed by atoms with van der Waals surface area (Å²) in [6, 6.07) is 16.2. The lowest BCUT2D eigenvalue weighted by atomic mass is 10.1. The highest BCUT2D eigenvalue weighted by Gasteiger charge is 2.12. The second kappa shape index (κ2) is 9.18. The van der Waals surface area contributed by atoms with Crippen LogP contribution in [0.4, 0.5) is 5.69 Å². The lowest BCUT2D eigenvalue weighted by Gasteiger charge is -2.09. The second-order valence-electron chi connectivity index (χ2n) is 6.79. The second-order valence-corrected chi connectivity index (χ2v) is 8.01. The lowest BCUT2D eigenvalue weighted by molar-refractivity contribution is -0.118. The molecule has 1 heterocycles. The number of ether oxygens (including phenoxy) is 1. The highest BCUT2D eigenvalue weighted by Crippen LogP contribution is 2.34. The van der Waals surface area contributed by atoms with Gasteiger partial charge in [-0.15, -0.1) is 0 Å². The summed E-state index contributed by atoms with van der Waals surface area (Å²) in [4.78, 5) is 16.8. The zero-order valence-corrected chi connectivity index (χ0v) is 18.7. The van der Waals surface area contributed by atoms with Gasteiger partial charge in [-0.3, -0.25) is 4.79 Å². The van der Waals surface area contributed by atoms with E-state index in [4.69, 9.17) is 44.0 Å². The predicted octanol–water partition coefficient (Wildman–Crippen LogP) is 7.03. The molecule has 4 rings (SSSR count). The molecule has 158 valence electrons. The van der Waals surface area contributed by atoms with Gasteiger partial charge in [0.1, 0.15) is 11.3 Å². The predicted molar refractivity (Wildman–Crippen MR) is 124 cm³/mol. The quantitative estimate of drug-likeness (QED) is 0.304. The minimum atomic E-state index is -0.361. The van der Waals surface area contributed by atoms with Gasteiger partial charge in [-0.2, -0.15) is 0 Å². The van der Waals surface area contributed by atoms with E-state index in [0.29, 0.717) is 27.7 Å². The number of benzene rings is 3. The molecule has 1 amide bonds. The normalized spacial score (nSPS) is 11.0. The SMILES string of the molecule is CCc1ccc(-c2nc3cc(NC(=O)COc4cc(Cl)c(Cl)cc4Cl)ccc3o2)cc1. The molecule has 3 aromatic carbocycles. The number of carbonyl (C=O) groups is 1. The van der Waals surface area contributed by atoms with E-state index in [1.165, 1.54) is 17.7 Å². The van der Waals surface area contributed by atoms with Crippen LogP contribution in [0.15, 0.2) is 59.0 Å². The molecule has 0 radical (unpaired) electrons. The average molecular weight is 476 g/mol. The number of rotatable bonds is 6. The summed E-state index contributed by atoms with van der Waals surface area (Å²) in [5, 5.41) is 3.64. The zero-order chi connectivity index (χ0) is 22.0. The molecule has 8 heteroatoms. The molecule has 0 fully saturated rings. The Kier molecular flexibility index (Phi) is 6.37. The lowest BCUT2D eigenvalue weighted by Crippen LogP contribution is -2.20. The first kappa shape index (κ1) is 21.5. The number of aromatic nitrogens is 1. The van der Waals surface area contributed by atoms with Gasteiger partial charge in [-0.1, -0.05) is 53.9 Å². The van der Waals surface area contributed by atoms with E-state index >= 15 is 0 Å². The average Bonchev–Trinajstić information content (AvgIpc) is 3.19. The first-order chi connectivity index (χ1) is 14.9. The number of nitrogens with zero attached hydrogens (tertiary/aromatic N) is 1. The molecule has 1 aromatic heterocycles. The zero-order valence-electron chi connectivity index (χ0n) is 16.4. The molecule has 1 N–H and O–H groups in total. The molecule has 0 unspecified atom stereocenters. The summed E-state index contributed by atoms with van der Waals surface area (Å²) in [6.45, 7) is 1.86. The van der Waals surface area contributed by atoms with Crippen molar-refractivity contribution in [2.75, 3.05) is 11.9 Å². The minimum Gasteiger partial charge on any atom is -0.482 e. The van der Waals surface area contributed by atoms with Crippen molar-refractivity contribution in [2.45, 2.75) is 13.3 Å². The first-order valence-corrected chi connectivity index (χ1v) is 10.6. The number of hydrogen-bond donors (Lipinski definition) is 1. The number of anilines is 1. The number of amides is 1. The summed E-state index contributed by atoms with van der Waals surface area (Å²) in [7, 11) is 0. The van der Waals surface area contributed by atoms with Gasteiger partial charge in [0.15, 0.2) is 12.2 Å². The van der Waals surface area contributed by atoms with E-state index in [0.717, 1.165) is 12.0 Å². The van der Waals surface area contributed by atoms with Gasteiger partial charge in [0.2, 0.25) is 5.89 Å². The third-order valence-electron chi connectivity index (χ3n) is 4.61. The fraction of sp³-hybridized carbons (Fsp3) is 0.130. The Balaban J connectivity index is 1.44. The maximum Gasteiger partial charge on any atom is 0.262 e. The van der Waals surface area contributed by atoms with Crippen molar-refractivity contribution >= 4 is 57.5 Å². The summed E-state index contributed by atoms with van der Waals surface area (Å²) >= 11 is 17.9. The summed E-state index contributed by atoms with van der Waals surface area (Å²) in [5.41, 5.74) is 3.98. The van der Waals surface area contributed by atoms with E-state index in [1.807, 2.05) is 12.1 Å². The molecular formula is C23H17Cl3N2O3. The number of nitrogens with one attached hydrogen (secondary N) is 1. The van der Waals surface area contributed by atoms with Crippen molar-refractivity contribution in [1.82, 2.24) is 4.98 Å². The highest BCUT2D eigenvalue weighted by molar-refractivity contribution is 6.43. The monoisotopic (exact) mass is 474 g/mol. The highest BCUT2D eigenvalue weighted by atomic mass is 35.5. The van der Waals surface area contributed by atoms with E-state index < -0.39 is 0 Å². The number of fused-ring (bicyclic) bond motifs is 1. The maximum atomic E-state index is 12.3. The molecule has 0 spiro atoms. The molecule has 0 aliphatic heterocycles. The molecule has 5 nitrogen and oxygen atoms in total. The summed E-state index contributed by atoms with van der Waals surface area (Å²) in [5.74, 6) is 0.441. The Bertz CT molecular complexity index is 1250. The Morgan fingerprint density at radius 3 is 2.48 bits per heavy atom. The van der Waals surface area contributed by atoms with Crippen LogP contribution in [0.3, 0.4) is 0 Å². The topological polar surface area (TPSA) is 64.4 Å². The van der Waals surface area contributed by atoms with Crippen LogP contribution in [0.1, 0.15) is 12.5 Å². The van der Waals surface area contributed by atoms with Gasteiger partial charge in [-0.25, -0.2) is 4.98 Å². The molecular weight excluding hydrogens is 459 g/mol. The number of oxazole rings is 1. The molecule has 0 aliphatic carbocycles. The van der Waals surface area contributed by atoms with Crippen LogP contribution < -0.4 is 10.1 Å². The maximum absolute atomic E-state index is 12.3. The smallest absolute Gasteiger partial charge is 0.262 e. The van der Waals surface area contributed by atoms with Crippen LogP contribution in [-0.2, 0) is 11.2 Å². The van der Waals surface area contributed by atoms with E-state index in [-0.39, 0.29) is 28.3 Å². The largest absolute Gasteiger partial charge is 0.482 e. The Labute approximate surface area is 193 Å². The number of halogens is 3. The van der Waals surface area contributed by atoms with Gasteiger partial charge in [0, 0.05) is 17.3 Å². The van der Waals surface area contributed by atoms with Crippen molar-refractivity contribution in [2.24, 2.45) is 0 Å². The van der Waals surface area contributed by atoms with E-state index in [1.54, 1.807) is 18.2 Å². The van der Waals surface area contributed by atoms with Gasteiger partial charge < -0.3 is 14.5 Å². The Morgan fingerprint density at radius 2 is 1.74 bits per heavy atom. The molecule has 31 heavy (non-hydrogen) atoms. The number of carbonyl (C=O) groups excluding carboxylic acids is 1. The molecule has 0 atom stereocenters. The van der Waals surface area contributed by atoms with Crippen molar-refractivity contribution < 1.29 is 13.9 Å². The molecule has 0 saturated heterocycles. The molecule has 4 aromatic rings. The Morgan fingerprint density at radius 1 is 1.00 bits per heavy atom. The van der Waals surface area contributed by atoms with Gasteiger partial charge in [0.05, 0.1) is 15.1 Å². The third-order valence-corrected chi connectivity index (χ3v) is 5.63. The Hall–Kier alpha value is -2.73.